The van der Waals surface area contributed by atoms with Gasteiger partial charge in [0.2, 0.25) is 0 Å². The molecule has 2 aromatic rings. The van der Waals surface area contributed by atoms with E-state index in [0.717, 1.165) is 6.07 Å². The second kappa shape index (κ2) is 6.86. The SMILES string of the molecule is CCNc1ccc(-c2nc(C(C)C)sc2C(F)(F)F)cc1C(F)(F)F. The number of anilines is 1. The smallest absolute Gasteiger partial charge is 0.385 e. The molecule has 0 aliphatic heterocycles. The largest absolute Gasteiger partial charge is 0.427 e. The third kappa shape index (κ3) is 4.26. The highest BCUT2D eigenvalue weighted by molar-refractivity contribution is 7.12. The van der Waals surface area contributed by atoms with Gasteiger partial charge in [-0.15, -0.1) is 11.3 Å². The second-order valence-corrected chi connectivity index (χ2v) is 6.70. The lowest BCUT2D eigenvalue weighted by atomic mass is 10.0. The molecule has 0 saturated heterocycles. The predicted molar refractivity (Wildman–Crippen MR) is 85.8 cm³/mol. The zero-order valence-corrected chi connectivity index (χ0v) is 14.5. The van der Waals surface area contributed by atoms with Gasteiger partial charge in [0.05, 0.1) is 16.3 Å². The Bertz CT molecular complexity index is 746. The zero-order valence-electron chi connectivity index (χ0n) is 13.6. The number of rotatable bonds is 4. The summed E-state index contributed by atoms with van der Waals surface area (Å²) >= 11 is 0.464. The van der Waals surface area contributed by atoms with Gasteiger partial charge in [-0.1, -0.05) is 19.9 Å². The maximum Gasteiger partial charge on any atom is 0.427 e. The molecule has 1 aromatic carbocycles. The first-order valence-corrected chi connectivity index (χ1v) is 8.30. The van der Waals surface area contributed by atoms with E-state index >= 15 is 0 Å². The van der Waals surface area contributed by atoms with E-state index in [4.69, 9.17) is 0 Å². The topological polar surface area (TPSA) is 24.9 Å². The van der Waals surface area contributed by atoms with Crippen molar-refractivity contribution in [3.8, 4) is 11.3 Å². The van der Waals surface area contributed by atoms with Crippen molar-refractivity contribution in [2.24, 2.45) is 0 Å². The highest BCUT2D eigenvalue weighted by Gasteiger charge is 2.39. The van der Waals surface area contributed by atoms with Crippen molar-refractivity contribution in [1.29, 1.82) is 0 Å². The minimum absolute atomic E-state index is 0.174. The molecule has 0 unspecified atom stereocenters. The summed E-state index contributed by atoms with van der Waals surface area (Å²) in [5, 5.41) is 2.80. The van der Waals surface area contributed by atoms with Crippen LogP contribution in [0.4, 0.5) is 32.0 Å². The van der Waals surface area contributed by atoms with Crippen molar-refractivity contribution < 1.29 is 26.3 Å². The van der Waals surface area contributed by atoms with Crippen molar-refractivity contribution in [2.45, 2.75) is 39.0 Å². The zero-order chi connectivity index (χ0) is 19.0. The second-order valence-electron chi connectivity index (χ2n) is 5.67. The first-order valence-electron chi connectivity index (χ1n) is 7.48. The molecule has 25 heavy (non-hydrogen) atoms. The molecule has 1 N–H and O–H groups in total. The Kier molecular flexibility index (Phi) is 5.36. The van der Waals surface area contributed by atoms with Gasteiger partial charge < -0.3 is 5.32 Å². The summed E-state index contributed by atoms with van der Waals surface area (Å²) in [4.78, 5) is 2.97. The number of hydrogen-bond acceptors (Lipinski definition) is 3. The number of aromatic nitrogens is 1. The molecule has 0 saturated carbocycles. The molecule has 0 bridgehead atoms. The molecular formula is C16H16F6N2S. The van der Waals surface area contributed by atoms with Crippen molar-refractivity contribution in [3.05, 3.63) is 33.6 Å². The fourth-order valence-electron chi connectivity index (χ4n) is 2.24. The summed E-state index contributed by atoms with van der Waals surface area (Å²) < 4.78 is 79.6. The van der Waals surface area contributed by atoms with Crippen LogP contribution in [0.5, 0.6) is 0 Å². The summed E-state index contributed by atoms with van der Waals surface area (Å²) in [6.45, 7) is 5.24. The average Bonchev–Trinajstić information content (AvgIpc) is 2.92. The molecule has 0 aliphatic rings. The first-order chi connectivity index (χ1) is 11.4. The van der Waals surface area contributed by atoms with E-state index < -0.39 is 28.5 Å². The summed E-state index contributed by atoms with van der Waals surface area (Å²) in [5.41, 5.74) is -1.86. The molecule has 0 spiro atoms. The Hall–Kier alpha value is -1.77. The van der Waals surface area contributed by atoms with Gasteiger partial charge >= 0.3 is 12.4 Å². The van der Waals surface area contributed by atoms with Crippen molar-refractivity contribution in [3.63, 3.8) is 0 Å². The Morgan fingerprint density at radius 1 is 1.08 bits per heavy atom. The molecule has 2 nitrogen and oxygen atoms in total. The molecule has 0 radical (unpaired) electrons. The number of benzene rings is 1. The van der Waals surface area contributed by atoms with E-state index in [1.54, 1.807) is 20.8 Å². The summed E-state index contributed by atoms with van der Waals surface area (Å²) in [7, 11) is 0. The lowest BCUT2D eigenvalue weighted by molar-refractivity contribution is -0.137. The summed E-state index contributed by atoms with van der Waals surface area (Å²) in [6, 6.07) is 3.07. The van der Waals surface area contributed by atoms with Crippen LogP contribution in [0.25, 0.3) is 11.3 Å². The molecule has 2 rings (SSSR count). The molecule has 0 fully saturated rings. The fourth-order valence-corrected chi connectivity index (χ4v) is 3.20. The number of nitrogens with one attached hydrogen (secondary N) is 1. The first kappa shape index (κ1) is 19.6. The third-order valence-electron chi connectivity index (χ3n) is 3.36. The Balaban J connectivity index is 2.66. The van der Waals surface area contributed by atoms with Gasteiger partial charge in [0.15, 0.2) is 0 Å². The van der Waals surface area contributed by atoms with Crippen LogP contribution >= 0.6 is 11.3 Å². The van der Waals surface area contributed by atoms with Gasteiger partial charge in [-0.2, -0.15) is 26.3 Å². The van der Waals surface area contributed by atoms with E-state index in [9.17, 15) is 26.3 Å². The minimum atomic E-state index is -4.69. The van der Waals surface area contributed by atoms with Crippen LogP contribution in [-0.4, -0.2) is 11.5 Å². The van der Waals surface area contributed by atoms with Gasteiger partial charge in [0, 0.05) is 23.7 Å². The number of alkyl halides is 6. The Morgan fingerprint density at radius 3 is 2.20 bits per heavy atom. The van der Waals surface area contributed by atoms with Crippen LogP contribution in [0.1, 0.15) is 42.1 Å². The van der Waals surface area contributed by atoms with E-state index in [0.29, 0.717) is 17.4 Å². The molecule has 0 aliphatic carbocycles. The summed E-state index contributed by atoms with van der Waals surface area (Å²) in [6.07, 6.45) is -9.37. The highest BCUT2D eigenvalue weighted by atomic mass is 32.1. The molecule has 1 aromatic heterocycles. The van der Waals surface area contributed by atoms with Gasteiger partial charge in [-0.3, -0.25) is 0 Å². The number of thiazole rings is 1. The van der Waals surface area contributed by atoms with E-state index in [1.165, 1.54) is 6.07 Å². The van der Waals surface area contributed by atoms with Crippen LogP contribution < -0.4 is 5.32 Å². The lowest BCUT2D eigenvalue weighted by Crippen LogP contribution is -2.11. The van der Waals surface area contributed by atoms with Gasteiger partial charge in [0.25, 0.3) is 0 Å². The van der Waals surface area contributed by atoms with Crippen LogP contribution in [0.2, 0.25) is 0 Å². The standard InChI is InChI=1S/C16H16F6N2S/c1-4-23-11-6-5-9(7-10(11)15(17,18)19)12-13(16(20,21)22)25-14(24-12)8(2)3/h5-8,23H,4H2,1-3H3. The van der Waals surface area contributed by atoms with Crippen molar-refractivity contribution >= 4 is 17.0 Å². The maximum atomic E-state index is 13.3. The van der Waals surface area contributed by atoms with Gasteiger partial charge in [-0.05, 0) is 19.1 Å². The normalized spacial score (nSPS) is 12.7. The maximum absolute atomic E-state index is 13.3. The Morgan fingerprint density at radius 2 is 1.72 bits per heavy atom. The van der Waals surface area contributed by atoms with Crippen LogP contribution in [0.3, 0.4) is 0 Å². The lowest BCUT2D eigenvalue weighted by Gasteiger charge is -2.15. The van der Waals surface area contributed by atoms with Crippen LogP contribution in [0.15, 0.2) is 18.2 Å². The average molecular weight is 382 g/mol. The number of nitrogens with zero attached hydrogens (tertiary/aromatic N) is 1. The summed E-state index contributed by atoms with van der Waals surface area (Å²) in [5.74, 6) is -0.261. The van der Waals surface area contributed by atoms with E-state index in [1.807, 2.05) is 0 Å². The van der Waals surface area contributed by atoms with Crippen molar-refractivity contribution in [1.82, 2.24) is 4.98 Å². The number of halogens is 6. The number of hydrogen-bond donors (Lipinski definition) is 1. The molecule has 0 amide bonds. The van der Waals surface area contributed by atoms with Gasteiger partial charge in [0.1, 0.15) is 4.88 Å². The van der Waals surface area contributed by atoms with Crippen LogP contribution in [0, 0.1) is 0 Å². The van der Waals surface area contributed by atoms with Crippen LogP contribution in [-0.2, 0) is 12.4 Å². The monoisotopic (exact) mass is 382 g/mol. The minimum Gasteiger partial charge on any atom is -0.385 e. The molecular weight excluding hydrogens is 366 g/mol. The molecule has 1 heterocycles. The predicted octanol–water partition coefficient (Wildman–Crippen LogP) is 6.40. The van der Waals surface area contributed by atoms with E-state index in [2.05, 4.69) is 10.3 Å². The third-order valence-corrected chi connectivity index (χ3v) is 4.76. The molecule has 9 heteroatoms. The molecule has 138 valence electrons. The molecule has 0 atom stereocenters. The highest BCUT2D eigenvalue weighted by Crippen LogP contribution is 2.44. The quantitative estimate of drug-likeness (QED) is 0.619. The fraction of sp³-hybridized carbons (Fsp3) is 0.438. The van der Waals surface area contributed by atoms with Crippen molar-refractivity contribution in [2.75, 3.05) is 11.9 Å². The van der Waals surface area contributed by atoms with E-state index in [-0.39, 0.29) is 28.7 Å². The Labute approximate surface area is 144 Å². The van der Waals surface area contributed by atoms with Gasteiger partial charge in [-0.25, -0.2) is 4.98 Å².